The first kappa shape index (κ1) is 17.8. The van der Waals surface area contributed by atoms with E-state index in [1.54, 1.807) is 24.3 Å². The summed E-state index contributed by atoms with van der Waals surface area (Å²) in [6, 6.07) is 11.7. The third kappa shape index (κ3) is 2.81. The summed E-state index contributed by atoms with van der Waals surface area (Å²) in [4.78, 5) is 14.1. The van der Waals surface area contributed by atoms with Crippen molar-refractivity contribution in [2.24, 2.45) is 0 Å². The number of rotatable bonds is 3. The zero-order valence-electron chi connectivity index (χ0n) is 14.5. The molecule has 4 rings (SSSR count). The molecule has 1 aliphatic rings. The van der Waals surface area contributed by atoms with Gasteiger partial charge in [-0.05, 0) is 34.9 Å². The SMILES string of the molecule is C=C(C#N)CN1Cc2c(cccc2-c2ccc3n[nH]c(C(F)(F)F)c3c2)C1=O. The van der Waals surface area contributed by atoms with Crippen molar-refractivity contribution in [2.45, 2.75) is 12.7 Å². The number of carbonyl (C=O) groups excluding carboxylic acids is 1. The molecule has 3 aromatic rings. The molecular formula is C20H13F3N4O. The van der Waals surface area contributed by atoms with Crippen LogP contribution in [0.2, 0.25) is 0 Å². The maximum atomic E-state index is 13.2. The van der Waals surface area contributed by atoms with Crippen molar-refractivity contribution in [1.82, 2.24) is 15.1 Å². The molecule has 8 heteroatoms. The Kier molecular flexibility index (Phi) is 3.96. The normalized spacial score (nSPS) is 13.6. The number of H-pyrrole nitrogens is 1. The van der Waals surface area contributed by atoms with Gasteiger partial charge in [-0.1, -0.05) is 24.8 Å². The van der Waals surface area contributed by atoms with Crippen molar-refractivity contribution in [3.8, 4) is 17.2 Å². The highest BCUT2D eigenvalue weighted by molar-refractivity contribution is 6.01. The minimum absolute atomic E-state index is 0.0263. The number of aromatic amines is 1. The van der Waals surface area contributed by atoms with Gasteiger partial charge in [0.25, 0.3) is 5.91 Å². The van der Waals surface area contributed by atoms with E-state index in [2.05, 4.69) is 11.7 Å². The second-order valence-electron chi connectivity index (χ2n) is 6.54. The van der Waals surface area contributed by atoms with E-state index in [-0.39, 0.29) is 35.5 Å². The van der Waals surface area contributed by atoms with Crippen LogP contribution in [0.25, 0.3) is 22.0 Å². The van der Waals surface area contributed by atoms with Crippen LogP contribution >= 0.6 is 0 Å². The van der Waals surface area contributed by atoms with Gasteiger partial charge in [0, 0.05) is 23.1 Å². The minimum atomic E-state index is -4.55. The molecule has 0 radical (unpaired) electrons. The van der Waals surface area contributed by atoms with Crippen LogP contribution in [-0.2, 0) is 12.7 Å². The van der Waals surface area contributed by atoms with Crippen LogP contribution < -0.4 is 0 Å². The number of hydrogen-bond donors (Lipinski definition) is 1. The zero-order valence-corrected chi connectivity index (χ0v) is 14.5. The first-order chi connectivity index (χ1) is 13.3. The van der Waals surface area contributed by atoms with Gasteiger partial charge in [0.2, 0.25) is 0 Å². The Balaban J connectivity index is 1.80. The summed E-state index contributed by atoms with van der Waals surface area (Å²) in [7, 11) is 0. The van der Waals surface area contributed by atoms with Crippen LogP contribution in [0.15, 0.2) is 48.6 Å². The summed E-state index contributed by atoms with van der Waals surface area (Å²) in [5, 5.41) is 14.6. The molecule has 0 atom stereocenters. The Labute approximate surface area is 157 Å². The van der Waals surface area contributed by atoms with Crippen molar-refractivity contribution < 1.29 is 18.0 Å². The molecule has 0 bridgehead atoms. The van der Waals surface area contributed by atoms with Crippen LogP contribution in [0.3, 0.4) is 0 Å². The summed E-state index contributed by atoms with van der Waals surface area (Å²) in [6.45, 7) is 3.98. The van der Waals surface area contributed by atoms with Crippen molar-refractivity contribution in [3.05, 3.63) is 65.4 Å². The molecular weight excluding hydrogens is 369 g/mol. The molecule has 1 amide bonds. The smallest absolute Gasteiger partial charge is 0.329 e. The number of aromatic nitrogens is 2. The number of nitrogens with zero attached hydrogens (tertiary/aromatic N) is 3. The van der Waals surface area contributed by atoms with E-state index in [9.17, 15) is 18.0 Å². The number of hydrogen-bond acceptors (Lipinski definition) is 3. The van der Waals surface area contributed by atoms with Gasteiger partial charge < -0.3 is 4.90 Å². The predicted octanol–water partition coefficient (Wildman–Crippen LogP) is 4.28. The largest absolute Gasteiger partial charge is 0.433 e. The van der Waals surface area contributed by atoms with Crippen molar-refractivity contribution >= 4 is 16.8 Å². The van der Waals surface area contributed by atoms with Crippen molar-refractivity contribution in [2.75, 3.05) is 6.54 Å². The van der Waals surface area contributed by atoms with Gasteiger partial charge in [-0.3, -0.25) is 9.89 Å². The third-order valence-corrected chi connectivity index (χ3v) is 4.73. The first-order valence-corrected chi connectivity index (χ1v) is 8.34. The molecule has 1 aliphatic heterocycles. The lowest BCUT2D eigenvalue weighted by Crippen LogP contribution is -2.25. The summed E-state index contributed by atoms with van der Waals surface area (Å²) in [5.41, 5.74) is 2.00. The molecule has 2 heterocycles. The fourth-order valence-electron chi connectivity index (χ4n) is 3.45. The Morgan fingerprint density at radius 1 is 1.29 bits per heavy atom. The predicted molar refractivity (Wildman–Crippen MR) is 96.0 cm³/mol. The first-order valence-electron chi connectivity index (χ1n) is 8.34. The van der Waals surface area contributed by atoms with E-state index in [0.717, 1.165) is 5.56 Å². The monoisotopic (exact) mass is 382 g/mol. The van der Waals surface area contributed by atoms with Crippen LogP contribution in [0.4, 0.5) is 13.2 Å². The van der Waals surface area contributed by atoms with Gasteiger partial charge in [0.1, 0.15) is 5.69 Å². The number of carbonyl (C=O) groups is 1. The van der Waals surface area contributed by atoms with Crippen molar-refractivity contribution in [3.63, 3.8) is 0 Å². The Morgan fingerprint density at radius 2 is 2.04 bits per heavy atom. The highest BCUT2D eigenvalue weighted by Crippen LogP contribution is 2.37. The average Bonchev–Trinajstić information content (AvgIpc) is 3.22. The molecule has 0 saturated heterocycles. The third-order valence-electron chi connectivity index (χ3n) is 4.73. The van der Waals surface area contributed by atoms with Gasteiger partial charge in [0.15, 0.2) is 0 Å². The summed E-state index contributed by atoms with van der Waals surface area (Å²) >= 11 is 0. The number of halogens is 3. The van der Waals surface area contributed by atoms with Gasteiger partial charge in [-0.2, -0.15) is 23.5 Å². The average molecular weight is 382 g/mol. The maximum Gasteiger partial charge on any atom is 0.433 e. The second-order valence-corrected chi connectivity index (χ2v) is 6.54. The van der Waals surface area contributed by atoms with E-state index in [1.807, 2.05) is 11.2 Å². The molecule has 0 saturated carbocycles. The lowest BCUT2D eigenvalue weighted by Gasteiger charge is -2.14. The van der Waals surface area contributed by atoms with Gasteiger partial charge >= 0.3 is 6.18 Å². The summed E-state index contributed by atoms with van der Waals surface area (Å²) in [6.07, 6.45) is -4.55. The van der Waals surface area contributed by atoms with Gasteiger partial charge in [-0.25, -0.2) is 0 Å². The molecule has 1 aromatic heterocycles. The molecule has 28 heavy (non-hydrogen) atoms. The van der Waals surface area contributed by atoms with E-state index < -0.39 is 11.9 Å². The van der Waals surface area contributed by atoms with Crippen LogP contribution in [0.5, 0.6) is 0 Å². The van der Waals surface area contributed by atoms with Crippen LogP contribution in [0, 0.1) is 11.3 Å². The number of benzene rings is 2. The zero-order chi connectivity index (χ0) is 20.1. The van der Waals surface area contributed by atoms with E-state index in [1.165, 1.54) is 17.0 Å². The highest BCUT2D eigenvalue weighted by atomic mass is 19.4. The summed E-state index contributed by atoms with van der Waals surface area (Å²) < 4.78 is 39.6. The van der Waals surface area contributed by atoms with Crippen LogP contribution in [-0.4, -0.2) is 27.5 Å². The molecule has 0 fully saturated rings. The molecule has 1 N–H and O–H groups in total. The molecule has 0 unspecified atom stereocenters. The fourth-order valence-corrected chi connectivity index (χ4v) is 3.45. The molecule has 0 spiro atoms. The lowest BCUT2D eigenvalue weighted by atomic mass is 9.96. The number of nitriles is 1. The number of alkyl halides is 3. The second kappa shape index (κ2) is 6.23. The number of amides is 1. The van der Waals surface area contributed by atoms with E-state index in [4.69, 9.17) is 5.26 Å². The van der Waals surface area contributed by atoms with Gasteiger partial charge in [0.05, 0.1) is 18.1 Å². The molecule has 0 aliphatic carbocycles. The Bertz CT molecular complexity index is 1170. The molecule has 5 nitrogen and oxygen atoms in total. The quantitative estimate of drug-likeness (QED) is 0.687. The topological polar surface area (TPSA) is 72.8 Å². The summed E-state index contributed by atoms with van der Waals surface area (Å²) in [5.74, 6) is -0.228. The molecule has 140 valence electrons. The number of fused-ring (bicyclic) bond motifs is 2. The number of nitrogens with one attached hydrogen (secondary N) is 1. The van der Waals surface area contributed by atoms with E-state index in [0.29, 0.717) is 16.7 Å². The van der Waals surface area contributed by atoms with Crippen molar-refractivity contribution in [1.29, 1.82) is 5.26 Å². The lowest BCUT2D eigenvalue weighted by molar-refractivity contribution is -0.139. The van der Waals surface area contributed by atoms with Crippen LogP contribution in [0.1, 0.15) is 21.6 Å². The maximum absolute atomic E-state index is 13.2. The van der Waals surface area contributed by atoms with E-state index >= 15 is 0 Å². The Hall–Kier alpha value is -3.60. The standard InChI is InChI=1S/C20H13F3N4O/c1-11(8-24)9-27-10-16-13(3-2-4-14(16)19(27)28)12-5-6-17-15(7-12)18(26-25-17)20(21,22)23/h2-7H,1,9-10H2,(H,25,26). The molecule has 2 aromatic carbocycles. The van der Waals surface area contributed by atoms with Gasteiger partial charge in [-0.15, -0.1) is 0 Å². The highest BCUT2D eigenvalue weighted by Gasteiger charge is 2.35. The minimum Gasteiger partial charge on any atom is -0.329 e. The Morgan fingerprint density at radius 3 is 2.75 bits per heavy atom. The fraction of sp³-hybridized carbons (Fsp3) is 0.150.